The standard InChI is InChI=1S/C18H25N3O4S/c1-20(14-7-3-4-8-14)18(23)16(10-11-26-2)19-17(22)13-6-5-9-15(12-13)21(24)25/h5-6,9,12,14,16H,3-4,7-8,10-11H2,1-2H3,(H,19,22). The highest BCUT2D eigenvalue weighted by atomic mass is 32.2. The Morgan fingerprint density at radius 3 is 2.69 bits per heavy atom. The topological polar surface area (TPSA) is 92.5 Å². The molecular formula is C18H25N3O4S. The van der Waals surface area contributed by atoms with Gasteiger partial charge in [0.15, 0.2) is 0 Å². The molecule has 2 amide bonds. The average Bonchev–Trinajstić information content (AvgIpc) is 3.18. The molecule has 1 fully saturated rings. The molecule has 1 aromatic carbocycles. The lowest BCUT2D eigenvalue weighted by Gasteiger charge is -2.29. The molecule has 26 heavy (non-hydrogen) atoms. The number of nitro benzene ring substituents is 1. The molecule has 0 saturated heterocycles. The maximum atomic E-state index is 12.9. The van der Waals surface area contributed by atoms with E-state index in [1.807, 2.05) is 6.26 Å². The van der Waals surface area contributed by atoms with E-state index in [0.29, 0.717) is 6.42 Å². The van der Waals surface area contributed by atoms with Gasteiger partial charge in [-0.25, -0.2) is 0 Å². The Bertz CT molecular complexity index is 662. The maximum Gasteiger partial charge on any atom is 0.270 e. The van der Waals surface area contributed by atoms with Gasteiger partial charge in [-0.05, 0) is 37.3 Å². The Morgan fingerprint density at radius 1 is 1.38 bits per heavy atom. The number of nitrogens with one attached hydrogen (secondary N) is 1. The molecule has 1 aromatic rings. The summed E-state index contributed by atoms with van der Waals surface area (Å²) in [6.07, 6.45) is 6.71. The van der Waals surface area contributed by atoms with Crippen molar-refractivity contribution in [2.75, 3.05) is 19.1 Å². The van der Waals surface area contributed by atoms with Gasteiger partial charge in [-0.2, -0.15) is 11.8 Å². The van der Waals surface area contributed by atoms with Crippen molar-refractivity contribution in [1.82, 2.24) is 10.2 Å². The summed E-state index contributed by atoms with van der Waals surface area (Å²) in [4.78, 5) is 37.5. The van der Waals surface area contributed by atoms with E-state index in [9.17, 15) is 19.7 Å². The molecule has 7 nitrogen and oxygen atoms in total. The number of likely N-dealkylation sites (N-methyl/N-ethyl adjacent to an activating group) is 1. The van der Waals surface area contributed by atoms with Gasteiger partial charge in [0.1, 0.15) is 6.04 Å². The highest BCUT2D eigenvalue weighted by molar-refractivity contribution is 7.98. The Morgan fingerprint density at radius 2 is 2.08 bits per heavy atom. The van der Waals surface area contributed by atoms with E-state index < -0.39 is 16.9 Å². The van der Waals surface area contributed by atoms with E-state index in [1.165, 1.54) is 24.3 Å². The molecule has 0 radical (unpaired) electrons. The largest absolute Gasteiger partial charge is 0.341 e. The van der Waals surface area contributed by atoms with Crippen molar-refractivity contribution in [2.24, 2.45) is 0 Å². The number of nitro groups is 1. The summed E-state index contributed by atoms with van der Waals surface area (Å²) in [7, 11) is 1.80. The van der Waals surface area contributed by atoms with Crippen LogP contribution in [-0.2, 0) is 4.79 Å². The van der Waals surface area contributed by atoms with Crippen molar-refractivity contribution in [3.8, 4) is 0 Å². The van der Waals surface area contributed by atoms with E-state index in [-0.39, 0.29) is 23.2 Å². The number of hydrogen-bond donors (Lipinski definition) is 1. The van der Waals surface area contributed by atoms with Crippen LogP contribution in [0.1, 0.15) is 42.5 Å². The molecule has 1 aliphatic carbocycles. The first kappa shape index (κ1) is 20.2. The van der Waals surface area contributed by atoms with Gasteiger partial charge in [-0.15, -0.1) is 0 Å². The van der Waals surface area contributed by atoms with Crippen LogP contribution in [0, 0.1) is 10.1 Å². The molecule has 0 aromatic heterocycles. The zero-order chi connectivity index (χ0) is 19.1. The smallest absolute Gasteiger partial charge is 0.270 e. The Hall–Kier alpha value is -2.09. The van der Waals surface area contributed by atoms with E-state index in [1.54, 1.807) is 23.7 Å². The highest BCUT2D eigenvalue weighted by Gasteiger charge is 2.30. The number of carbonyl (C=O) groups excluding carboxylic acids is 2. The third-order valence-electron chi connectivity index (χ3n) is 4.75. The molecule has 0 heterocycles. The summed E-state index contributed by atoms with van der Waals surface area (Å²) in [6, 6.07) is 5.15. The van der Waals surface area contributed by atoms with Crippen LogP contribution in [0.4, 0.5) is 5.69 Å². The lowest BCUT2D eigenvalue weighted by atomic mass is 10.1. The Labute approximate surface area is 157 Å². The lowest BCUT2D eigenvalue weighted by molar-refractivity contribution is -0.384. The van der Waals surface area contributed by atoms with Crippen LogP contribution in [0.25, 0.3) is 0 Å². The molecule has 0 bridgehead atoms. The van der Waals surface area contributed by atoms with Crippen LogP contribution in [0.2, 0.25) is 0 Å². The minimum Gasteiger partial charge on any atom is -0.341 e. The molecule has 0 aliphatic heterocycles. The van der Waals surface area contributed by atoms with Crippen molar-refractivity contribution < 1.29 is 14.5 Å². The molecule has 1 atom stereocenters. The summed E-state index contributed by atoms with van der Waals surface area (Å²) in [6.45, 7) is 0. The van der Waals surface area contributed by atoms with Gasteiger partial charge < -0.3 is 10.2 Å². The van der Waals surface area contributed by atoms with Gasteiger partial charge in [-0.1, -0.05) is 18.9 Å². The van der Waals surface area contributed by atoms with Gasteiger partial charge in [0.05, 0.1) is 4.92 Å². The average molecular weight is 379 g/mol. The quantitative estimate of drug-likeness (QED) is 0.554. The number of nitrogens with zero attached hydrogens (tertiary/aromatic N) is 2. The fourth-order valence-electron chi connectivity index (χ4n) is 3.21. The monoisotopic (exact) mass is 379 g/mol. The fraction of sp³-hybridized carbons (Fsp3) is 0.556. The molecule has 8 heteroatoms. The van der Waals surface area contributed by atoms with Crippen molar-refractivity contribution in [2.45, 2.75) is 44.2 Å². The fourth-order valence-corrected chi connectivity index (χ4v) is 3.68. The Kier molecular flexibility index (Phi) is 7.44. The Balaban J connectivity index is 2.10. The van der Waals surface area contributed by atoms with Crippen molar-refractivity contribution in [1.29, 1.82) is 0 Å². The molecular weight excluding hydrogens is 354 g/mol. The molecule has 1 aliphatic rings. The third kappa shape index (κ3) is 5.20. The summed E-state index contributed by atoms with van der Waals surface area (Å²) < 4.78 is 0. The van der Waals surface area contributed by atoms with Crippen LogP contribution < -0.4 is 5.32 Å². The second-order valence-electron chi connectivity index (χ2n) is 6.50. The zero-order valence-corrected chi connectivity index (χ0v) is 16.0. The molecule has 1 N–H and O–H groups in total. The molecule has 1 unspecified atom stereocenters. The second-order valence-corrected chi connectivity index (χ2v) is 7.49. The molecule has 142 valence electrons. The van der Waals surface area contributed by atoms with Crippen molar-refractivity contribution >= 4 is 29.3 Å². The zero-order valence-electron chi connectivity index (χ0n) is 15.1. The second kappa shape index (κ2) is 9.56. The summed E-state index contributed by atoms with van der Waals surface area (Å²) in [5.74, 6) is 0.183. The predicted molar refractivity (Wildman–Crippen MR) is 102 cm³/mol. The number of thioether (sulfide) groups is 1. The first-order valence-corrected chi connectivity index (χ1v) is 10.1. The van der Waals surface area contributed by atoms with Gasteiger partial charge in [0.25, 0.3) is 11.6 Å². The number of amides is 2. The molecule has 0 spiro atoms. The highest BCUT2D eigenvalue weighted by Crippen LogP contribution is 2.23. The lowest BCUT2D eigenvalue weighted by Crippen LogP contribution is -2.50. The van der Waals surface area contributed by atoms with E-state index in [0.717, 1.165) is 31.4 Å². The van der Waals surface area contributed by atoms with E-state index in [2.05, 4.69) is 5.32 Å². The first-order chi connectivity index (χ1) is 12.4. The minimum absolute atomic E-state index is 0.0928. The van der Waals surface area contributed by atoms with Gasteiger partial charge in [0.2, 0.25) is 5.91 Å². The number of benzene rings is 1. The summed E-state index contributed by atoms with van der Waals surface area (Å²) >= 11 is 1.61. The van der Waals surface area contributed by atoms with E-state index >= 15 is 0 Å². The van der Waals surface area contributed by atoms with Crippen LogP contribution in [0.5, 0.6) is 0 Å². The van der Waals surface area contributed by atoms with Crippen molar-refractivity contribution in [3.63, 3.8) is 0 Å². The summed E-state index contributed by atoms with van der Waals surface area (Å²) in [5.41, 5.74) is 0.0392. The maximum absolute atomic E-state index is 12.9. The van der Waals surface area contributed by atoms with E-state index in [4.69, 9.17) is 0 Å². The van der Waals surface area contributed by atoms with Crippen LogP contribution in [0.3, 0.4) is 0 Å². The molecule has 1 saturated carbocycles. The van der Waals surface area contributed by atoms with Gasteiger partial charge in [0, 0.05) is 30.8 Å². The normalized spacial score (nSPS) is 15.5. The SMILES string of the molecule is CSCCC(NC(=O)c1cccc([N+](=O)[O-])c1)C(=O)N(C)C1CCCC1. The van der Waals surface area contributed by atoms with Crippen LogP contribution >= 0.6 is 11.8 Å². The summed E-state index contributed by atoms with van der Waals surface area (Å²) in [5, 5.41) is 13.7. The number of hydrogen-bond acceptors (Lipinski definition) is 5. The van der Waals surface area contributed by atoms with Gasteiger partial charge in [-0.3, -0.25) is 19.7 Å². The molecule has 2 rings (SSSR count). The van der Waals surface area contributed by atoms with Crippen LogP contribution in [-0.4, -0.2) is 52.8 Å². The number of carbonyl (C=O) groups is 2. The number of non-ortho nitro benzene ring substituents is 1. The predicted octanol–water partition coefficient (Wildman–Crippen LogP) is 2.85. The van der Waals surface area contributed by atoms with Crippen molar-refractivity contribution in [3.05, 3.63) is 39.9 Å². The number of rotatable bonds is 8. The van der Waals surface area contributed by atoms with Crippen LogP contribution in [0.15, 0.2) is 24.3 Å². The first-order valence-electron chi connectivity index (χ1n) is 8.75. The minimum atomic E-state index is -0.625. The van der Waals surface area contributed by atoms with Gasteiger partial charge >= 0.3 is 0 Å². The third-order valence-corrected chi connectivity index (χ3v) is 5.40.